The van der Waals surface area contributed by atoms with Gasteiger partial charge in [-0.05, 0) is 72.5 Å². The highest BCUT2D eigenvalue weighted by molar-refractivity contribution is 6.30. The lowest BCUT2D eigenvalue weighted by atomic mass is 10.0. The lowest BCUT2D eigenvalue weighted by Gasteiger charge is -2.07. The van der Waals surface area contributed by atoms with Gasteiger partial charge in [0.1, 0.15) is 12.4 Å². The van der Waals surface area contributed by atoms with E-state index < -0.39 is 0 Å². The first-order valence-electron chi connectivity index (χ1n) is 9.35. The maximum absolute atomic E-state index is 12.1. The van der Waals surface area contributed by atoms with E-state index in [2.05, 4.69) is 10.5 Å². The van der Waals surface area contributed by atoms with Gasteiger partial charge >= 0.3 is 0 Å². The van der Waals surface area contributed by atoms with Crippen LogP contribution in [-0.2, 0) is 17.8 Å². The van der Waals surface area contributed by atoms with E-state index in [1.807, 2.05) is 80.6 Å². The fourth-order valence-corrected chi connectivity index (χ4v) is 2.91. The van der Waals surface area contributed by atoms with Crippen LogP contribution in [0.4, 0.5) is 0 Å². The SMILES string of the molecule is Cc1ccc(C)c(CC(=O)N/N=C/c2ccc(OCc3ccc(Cl)cc3)cc2)c1. The Hall–Kier alpha value is -3.11. The van der Waals surface area contributed by atoms with Crippen molar-refractivity contribution in [2.45, 2.75) is 26.9 Å². The van der Waals surface area contributed by atoms with Crippen LogP contribution in [0.1, 0.15) is 27.8 Å². The van der Waals surface area contributed by atoms with Crippen molar-refractivity contribution >= 4 is 23.7 Å². The van der Waals surface area contributed by atoms with Crippen molar-refractivity contribution in [2.75, 3.05) is 0 Å². The van der Waals surface area contributed by atoms with E-state index in [0.29, 0.717) is 18.1 Å². The normalized spacial score (nSPS) is 10.9. The molecular formula is C24H23ClN2O2. The Morgan fingerprint density at radius 1 is 1.03 bits per heavy atom. The topological polar surface area (TPSA) is 50.7 Å². The number of carbonyl (C=O) groups excluding carboxylic acids is 1. The number of amides is 1. The average molecular weight is 407 g/mol. The minimum absolute atomic E-state index is 0.141. The number of aryl methyl sites for hydroxylation is 2. The van der Waals surface area contributed by atoms with Crippen LogP contribution in [0.2, 0.25) is 5.02 Å². The second-order valence-corrected chi connectivity index (χ2v) is 7.32. The van der Waals surface area contributed by atoms with Crippen molar-refractivity contribution in [3.05, 3.63) is 99.6 Å². The van der Waals surface area contributed by atoms with Crippen molar-refractivity contribution in [2.24, 2.45) is 5.10 Å². The molecule has 1 amide bonds. The zero-order valence-corrected chi connectivity index (χ0v) is 17.2. The predicted octanol–water partition coefficient (Wildman–Crippen LogP) is 5.23. The lowest BCUT2D eigenvalue weighted by Crippen LogP contribution is -2.20. The van der Waals surface area contributed by atoms with Gasteiger partial charge in [0.15, 0.2) is 0 Å². The Morgan fingerprint density at radius 3 is 2.48 bits per heavy atom. The number of nitrogens with zero attached hydrogens (tertiary/aromatic N) is 1. The molecule has 0 aliphatic carbocycles. The van der Waals surface area contributed by atoms with E-state index in [0.717, 1.165) is 33.6 Å². The molecule has 0 saturated heterocycles. The zero-order chi connectivity index (χ0) is 20.6. The summed E-state index contributed by atoms with van der Waals surface area (Å²) in [6.07, 6.45) is 1.92. The second-order valence-electron chi connectivity index (χ2n) is 6.88. The first-order chi connectivity index (χ1) is 14.0. The van der Waals surface area contributed by atoms with E-state index in [4.69, 9.17) is 16.3 Å². The third-order valence-corrected chi connectivity index (χ3v) is 4.71. The van der Waals surface area contributed by atoms with Crippen molar-refractivity contribution in [3.63, 3.8) is 0 Å². The lowest BCUT2D eigenvalue weighted by molar-refractivity contribution is -0.120. The van der Waals surface area contributed by atoms with Crippen LogP contribution in [0.15, 0.2) is 71.8 Å². The van der Waals surface area contributed by atoms with Gasteiger partial charge in [-0.15, -0.1) is 0 Å². The molecule has 29 heavy (non-hydrogen) atoms. The monoisotopic (exact) mass is 406 g/mol. The van der Waals surface area contributed by atoms with Crippen LogP contribution in [0.25, 0.3) is 0 Å². The van der Waals surface area contributed by atoms with Gasteiger partial charge in [-0.3, -0.25) is 4.79 Å². The largest absolute Gasteiger partial charge is 0.489 e. The number of carbonyl (C=O) groups is 1. The molecule has 0 saturated carbocycles. The molecule has 0 radical (unpaired) electrons. The summed E-state index contributed by atoms with van der Waals surface area (Å²) in [7, 11) is 0. The molecule has 0 heterocycles. The quantitative estimate of drug-likeness (QED) is 0.431. The fourth-order valence-electron chi connectivity index (χ4n) is 2.78. The minimum atomic E-state index is -0.141. The third kappa shape index (κ3) is 6.47. The Kier molecular flexibility index (Phi) is 7.04. The average Bonchev–Trinajstić information content (AvgIpc) is 2.71. The first kappa shape index (κ1) is 20.6. The van der Waals surface area contributed by atoms with Gasteiger partial charge in [-0.25, -0.2) is 5.43 Å². The minimum Gasteiger partial charge on any atom is -0.489 e. The van der Waals surface area contributed by atoms with Gasteiger partial charge < -0.3 is 4.74 Å². The van der Waals surface area contributed by atoms with Crippen LogP contribution in [-0.4, -0.2) is 12.1 Å². The van der Waals surface area contributed by atoms with E-state index in [-0.39, 0.29) is 5.91 Å². The molecule has 1 N–H and O–H groups in total. The molecule has 148 valence electrons. The van der Waals surface area contributed by atoms with Crippen LogP contribution in [0.5, 0.6) is 5.75 Å². The molecule has 0 fully saturated rings. The summed E-state index contributed by atoms with van der Waals surface area (Å²) < 4.78 is 5.76. The van der Waals surface area contributed by atoms with Gasteiger partial charge in [0, 0.05) is 5.02 Å². The second kappa shape index (κ2) is 9.89. The van der Waals surface area contributed by atoms with Crippen LogP contribution < -0.4 is 10.2 Å². The Bertz CT molecular complexity index is 996. The highest BCUT2D eigenvalue weighted by atomic mass is 35.5. The Labute approximate surface area is 176 Å². The summed E-state index contributed by atoms with van der Waals surface area (Å²) in [5.41, 5.74) is 7.75. The van der Waals surface area contributed by atoms with Crippen LogP contribution in [0, 0.1) is 13.8 Å². The summed E-state index contributed by atoms with van der Waals surface area (Å²) in [6, 6.07) is 21.2. The maximum Gasteiger partial charge on any atom is 0.244 e. The van der Waals surface area contributed by atoms with Crippen molar-refractivity contribution < 1.29 is 9.53 Å². The third-order valence-electron chi connectivity index (χ3n) is 4.46. The fraction of sp³-hybridized carbons (Fsp3) is 0.167. The molecular weight excluding hydrogens is 384 g/mol. The number of hydrazone groups is 1. The molecule has 0 aliphatic rings. The smallest absolute Gasteiger partial charge is 0.244 e. The molecule has 0 atom stereocenters. The molecule has 0 bridgehead atoms. The van der Waals surface area contributed by atoms with E-state index in [1.165, 1.54) is 0 Å². The van der Waals surface area contributed by atoms with Crippen molar-refractivity contribution in [1.29, 1.82) is 0 Å². The van der Waals surface area contributed by atoms with Crippen molar-refractivity contribution in [1.82, 2.24) is 5.43 Å². The van der Waals surface area contributed by atoms with E-state index >= 15 is 0 Å². The van der Waals surface area contributed by atoms with Crippen LogP contribution >= 0.6 is 11.6 Å². The van der Waals surface area contributed by atoms with E-state index in [9.17, 15) is 4.79 Å². The first-order valence-corrected chi connectivity index (χ1v) is 9.73. The molecule has 4 nitrogen and oxygen atoms in total. The number of hydrogen-bond donors (Lipinski definition) is 1. The number of rotatable bonds is 7. The van der Waals surface area contributed by atoms with Gasteiger partial charge in [-0.2, -0.15) is 5.10 Å². The van der Waals surface area contributed by atoms with Gasteiger partial charge in [0.2, 0.25) is 5.91 Å². The number of ether oxygens (including phenoxy) is 1. The highest BCUT2D eigenvalue weighted by Crippen LogP contribution is 2.15. The standard InChI is InChI=1S/C24H23ClN2O2/c1-17-3-4-18(2)21(13-17)14-24(28)27-26-15-19-7-11-23(12-8-19)29-16-20-5-9-22(25)10-6-20/h3-13,15H,14,16H2,1-2H3,(H,27,28)/b26-15+. The molecule has 0 unspecified atom stereocenters. The highest BCUT2D eigenvalue weighted by Gasteiger charge is 2.05. The van der Waals surface area contributed by atoms with Gasteiger partial charge in [0.25, 0.3) is 0 Å². The maximum atomic E-state index is 12.1. The van der Waals surface area contributed by atoms with Gasteiger partial charge in [-0.1, -0.05) is 47.5 Å². The zero-order valence-electron chi connectivity index (χ0n) is 16.5. The number of halogens is 1. The van der Waals surface area contributed by atoms with Gasteiger partial charge in [0.05, 0.1) is 12.6 Å². The number of benzene rings is 3. The van der Waals surface area contributed by atoms with E-state index in [1.54, 1.807) is 6.21 Å². The summed E-state index contributed by atoms with van der Waals surface area (Å²) in [5.74, 6) is 0.619. The summed E-state index contributed by atoms with van der Waals surface area (Å²) in [5, 5.41) is 4.75. The molecule has 3 rings (SSSR count). The Balaban J connectivity index is 1.48. The molecule has 0 aromatic heterocycles. The molecule has 0 spiro atoms. The molecule has 3 aromatic rings. The molecule has 3 aromatic carbocycles. The predicted molar refractivity (Wildman–Crippen MR) is 118 cm³/mol. The summed E-state index contributed by atoms with van der Waals surface area (Å²) in [6.45, 7) is 4.49. The number of nitrogens with one attached hydrogen (secondary N) is 1. The Morgan fingerprint density at radius 2 is 1.76 bits per heavy atom. The van der Waals surface area contributed by atoms with Crippen LogP contribution in [0.3, 0.4) is 0 Å². The summed E-state index contributed by atoms with van der Waals surface area (Å²) in [4.78, 5) is 12.1. The number of hydrogen-bond acceptors (Lipinski definition) is 3. The summed E-state index contributed by atoms with van der Waals surface area (Å²) >= 11 is 5.88. The van der Waals surface area contributed by atoms with Crippen molar-refractivity contribution in [3.8, 4) is 5.75 Å². The molecule has 0 aliphatic heterocycles. The molecule has 5 heteroatoms.